The molecule has 1 aromatic carbocycles. The molecule has 0 radical (unpaired) electrons. The number of ether oxygens (including phenoxy) is 1. The third-order valence-electron chi connectivity index (χ3n) is 4.15. The number of rotatable bonds is 6. The molecule has 3 N–H and O–H groups in total. The molecule has 1 aliphatic rings. The number of nitrogens with two attached hydrogens (primary N) is 1. The monoisotopic (exact) mass is 276 g/mol. The second-order valence-corrected chi connectivity index (χ2v) is 5.42. The predicted molar refractivity (Wildman–Crippen MR) is 80.5 cm³/mol. The minimum atomic E-state index is 0.0653. The number of benzene rings is 1. The molecule has 1 aliphatic carbocycles. The number of carbonyl (C=O) groups excluding carboxylic acids is 1. The molecule has 1 saturated carbocycles. The summed E-state index contributed by atoms with van der Waals surface area (Å²) in [4.78, 5) is 12.4. The molecule has 2 unspecified atom stereocenters. The molecule has 1 aromatic rings. The van der Waals surface area contributed by atoms with Crippen molar-refractivity contribution in [3.8, 4) is 0 Å². The van der Waals surface area contributed by atoms with Crippen molar-refractivity contribution in [1.29, 1.82) is 0 Å². The Hall–Kier alpha value is -1.39. The molecule has 0 heterocycles. The van der Waals surface area contributed by atoms with Gasteiger partial charge in [-0.25, -0.2) is 0 Å². The molecule has 20 heavy (non-hydrogen) atoms. The minimum Gasteiger partial charge on any atom is -0.384 e. The first kappa shape index (κ1) is 15.0. The van der Waals surface area contributed by atoms with Crippen molar-refractivity contribution in [2.24, 2.45) is 17.6 Å². The molecule has 2 atom stereocenters. The van der Waals surface area contributed by atoms with Gasteiger partial charge in [0.15, 0.2) is 0 Å². The third kappa shape index (κ3) is 3.58. The van der Waals surface area contributed by atoms with Crippen LogP contribution in [0.15, 0.2) is 24.3 Å². The highest BCUT2D eigenvalue weighted by Gasteiger charge is 2.32. The van der Waals surface area contributed by atoms with Crippen molar-refractivity contribution in [2.75, 3.05) is 25.6 Å². The molecular weight excluding hydrogens is 252 g/mol. The highest BCUT2D eigenvalue weighted by atomic mass is 16.5. The molecule has 0 aromatic heterocycles. The molecule has 0 aliphatic heterocycles. The quantitative estimate of drug-likeness (QED) is 0.837. The van der Waals surface area contributed by atoms with Crippen LogP contribution in [-0.4, -0.2) is 26.2 Å². The summed E-state index contributed by atoms with van der Waals surface area (Å²) in [5.41, 5.74) is 7.77. The lowest BCUT2D eigenvalue weighted by atomic mass is 9.95. The molecule has 2 rings (SSSR count). The maximum Gasteiger partial charge on any atom is 0.227 e. The summed E-state index contributed by atoms with van der Waals surface area (Å²) in [7, 11) is 1.69. The van der Waals surface area contributed by atoms with Crippen molar-refractivity contribution in [2.45, 2.75) is 25.7 Å². The second kappa shape index (κ2) is 7.41. The highest BCUT2D eigenvalue weighted by Crippen LogP contribution is 2.32. The molecule has 0 spiro atoms. The average Bonchev–Trinajstić information content (AvgIpc) is 2.95. The van der Waals surface area contributed by atoms with E-state index in [-0.39, 0.29) is 11.8 Å². The normalized spacial score (nSPS) is 21.9. The average molecular weight is 276 g/mol. The fourth-order valence-electron chi connectivity index (χ4n) is 2.96. The number of anilines is 1. The van der Waals surface area contributed by atoms with E-state index in [2.05, 4.69) is 5.32 Å². The Morgan fingerprint density at radius 3 is 2.95 bits per heavy atom. The van der Waals surface area contributed by atoms with Crippen LogP contribution in [0.5, 0.6) is 0 Å². The van der Waals surface area contributed by atoms with Gasteiger partial charge in [0, 0.05) is 18.7 Å². The van der Waals surface area contributed by atoms with Crippen LogP contribution in [0.2, 0.25) is 0 Å². The summed E-state index contributed by atoms with van der Waals surface area (Å²) in [6.45, 7) is 1.26. The van der Waals surface area contributed by atoms with E-state index in [1.807, 2.05) is 24.3 Å². The zero-order chi connectivity index (χ0) is 14.4. The van der Waals surface area contributed by atoms with Crippen molar-refractivity contribution in [3.63, 3.8) is 0 Å². The standard InChI is InChI=1S/C16H24N2O2/c1-20-10-9-12-5-2-3-8-15(12)18-16(19)14-7-4-6-13(14)11-17/h2-3,5,8,13-14H,4,6-7,9-11,17H2,1H3,(H,18,19). The van der Waals surface area contributed by atoms with Crippen LogP contribution in [0.1, 0.15) is 24.8 Å². The van der Waals surface area contributed by atoms with Gasteiger partial charge in [0.2, 0.25) is 5.91 Å². The van der Waals surface area contributed by atoms with E-state index in [1.54, 1.807) is 7.11 Å². The fourth-order valence-corrected chi connectivity index (χ4v) is 2.96. The number of nitrogens with one attached hydrogen (secondary N) is 1. The maximum atomic E-state index is 12.4. The first-order valence-corrected chi connectivity index (χ1v) is 7.34. The topological polar surface area (TPSA) is 64.3 Å². The maximum absolute atomic E-state index is 12.4. The Bertz CT molecular complexity index is 448. The van der Waals surface area contributed by atoms with E-state index in [0.717, 1.165) is 36.9 Å². The fraction of sp³-hybridized carbons (Fsp3) is 0.562. The Labute approximate surface area is 120 Å². The van der Waals surface area contributed by atoms with E-state index in [1.165, 1.54) is 0 Å². The summed E-state index contributed by atoms with van der Waals surface area (Å²) in [5.74, 6) is 0.513. The van der Waals surface area contributed by atoms with Crippen LogP contribution >= 0.6 is 0 Å². The van der Waals surface area contributed by atoms with E-state index in [9.17, 15) is 4.79 Å². The van der Waals surface area contributed by atoms with Gasteiger partial charge in [0.25, 0.3) is 0 Å². The van der Waals surface area contributed by atoms with E-state index >= 15 is 0 Å². The lowest BCUT2D eigenvalue weighted by Gasteiger charge is -2.18. The number of hydrogen-bond donors (Lipinski definition) is 2. The minimum absolute atomic E-state index is 0.0653. The van der Waals surface area contributed by atoms with Gasteiger partial charge in [0.05, 0.1) is 6.61 Å². The van der Waals surface area contributed by atoms with Crippen LogP contribution in [-0.2, 0) is 16.0 Å². The smallest absolute Gasteiger partial charge is 0.227 e. The van der Waals surface area contributed by atoms with Gasteiger partial charge in [-0.1, -0.05) is 24.6 Å². The molecule has 0 bridgehead atoms. The van der Waals surface area contributed by atoms with Crippen molar-refractivity contribution < 1.29 is 9.53 Å². The van der Waals surface area contributed by atoms with Crippen LogP contribution in [0.3, 0.4) is 0 Å². The summed E-state index contributed by atoms with van der Waals surface area (Å²) < 4.78 is 5.11. The molecule has 4 heteroatoms. The lowest BCUT2D eigenvalue weighted by Crippen LogP contribution is -2.30. The van der Waals surface area contributed by atoms with Gasteiger partial charge in [-0.05, 0) is 43.4 Å². The summed E-state index contributed by atoms with van der Waals surface area (Å²) in [5, 5.41) is 3.08. The van der Waals surface area contributed by atoms with Crippen molar-refractivity contribution >= 4 is 11.6 Å². The zero-order valence-corrected chi connectivity index (χ0v) is 12.1. The molecular formula is C16H24N2O2. The van der Waals surface area contributed by atoms with E-state index in [0.29, 0.717) is 19.1 Å². The van der Waals surface area contributed by atoms with Crippen LogP contribution < -0.4 is 11.1 Å². The molecule has 1 amide bonds. The summed E-state index contributed by atoms with van der Waals surface area (Å²) in [6.07, 6.45) is 3.93. The summed E-state index contributed by atoms with van der Waals surface area (Å²) in [6, 6.07) is 7.92. The van der Waals surface area contributed by atoms with Gasteiger partial charge in [0.1, 0.15) is 0 Å². The number of amides is 1. The van der Waals surface area contributed by atoms with Crippen molar-refractivity contribution in [1.82, 2.24) is 0 Å². The van der Waals surface area contributed by atoms with Gasteiger partial charge in [-0.2, -0.15) is 0 Å². The number of para-hydroxylation sites is 1. The molecule has 4 nitrogen and oxygen atoms in total. The lowest BCUT2D eigenvalue weighted by molar-refractivity contribution is -0.120. The largest absolute Gasteiger partial charge is 0.384 e. The third-order valence-corrected chi connectivity index (χ3v) is 4.15. The number of methoxy groups -OCH3 is 1. The SMILES string of the molecule is COCCc1ccccc1NC(=O)C1CCCC1CN. The Balaban J connectivity index is 2.03. The Morgan fingerprint density at radius 2 is 2.20 bits per heavy atom. The van der Waals surface area contributed by atoms with Gasteiger partial charge < -0.3 is 15.8 Å². The number of hydrogen-bond acceptors (Lipinski definition) is 3. The Morgan fingerprint density at radius 1 is 1.40 bits per heavy atom. The van der Waals surface area contributed by atoms with Gasteiger partial charge in [-0.3, -0.25) is 4.79 Å². The Kier molecular flexibility index (Phi) is 5.56. The van der Waals surface area contributed by atoms with Crippen molar-refractivity contribution in [3.05, 3.63) is 29.8 Å². The van der Waals surface area contributed by atoms with Gasteiger partial charge >= 0.3 is 0 Å². The highest BCUT2D eigenvalue weighted by molar-refractivity contribution is 5.93. The first-order chi connectivity index (χ1) is 9.76. The first-order valence-electron chi connectivity index (χ1n) is 7.34. The zero-order valence-electron chi connectivity index (χ0n) is 12.1. The van der Waals surface area contributed by atoms with E-state index in [4.69, 9.17) is 10.5 Å². The molecule has 0 saturated heterocycles. The molecule has 1 fully saturated rings. The predicted octanol–water partition coefficient (Wildman–Crippen LogP) is 2.19. The summed E-state index contributed by atoms with van der Waals surface area (Å²) >= 11 is 0. The van der Waals surface area contributed by atoms with Crippen LogP contribution in [0.25, 0.3) is 0 Å². The second-order valence-electron chi connectivity index (χ2n) is 5.42. The van der Waals surface area contributed by atoms with Crippen LogP contribution in [0.4, 0.5) is 5.69 Å². The van der Waals surface area contributed by atoms with Crippen LogP contribution in [0, 0.1) is 11.8 Å². The molecule has 110 valence electrons. The number of carbonyl (C=O) groups is 1. The van der Waals surface area contributed by atoms with Gasteiger partial charge in [-0.15, -0.1) is 0 Å². The van der Waals surface area contributed by atoms with E-state index < -0.39 is 0 Å².